The first-order valence-corrected chi connectivity index (χ1v) is 7.60. The van der Waals surface area contributed by atoms with Gasteiger partial charge < -0.3 is 5.32 Å². The van der Waals surface area contributed by atoms with Crippen molar-refractivity contribution in [3.63, 3.8) is 0 Å². The zero-order valence-electron chi connectivity index (χ0n) is 12.8. The van der Waals surface area contributed by atoms with Crippen molar-refractivity contribution in [2.75, 3.05) is 5.32 Å². The number of carbonyl (C=O) groups is 1. The summed E-state index contributed by atoms with van der Waals surface area (Å²) >= 11 is 6.01. The lowest BCUT2D eigenvalue weighted by atomic mass is 10.2. The molecule has 0 aliphatic rings. The molecule has 0 fully saturated rings. The second-order valence-electron chi connectivity index (χ2n) is 5.28. The lowest BCUT2D eigenvalue weighted by Crippen LogP contribution is -2.40. The van der Waals surface area contributed by atoms with Crippen molar-refractivity contribution in [1.29, 1.82) is 0 Å². The number of amides is 1. The molecule has 7 heteroatoms. The minimum Gasteiger partial charge on any atom is -0.323 e. The van der Waals surface area contributed by atoms with Crippen molar-refractivity contribution in [2.24, 2.45) is 7.05 Å². The third-order valence-electron chi connectivity index (χ3n) is 3.70. The van der Waals surface area contributed by atoms with E-state index in [1.807, 2.05) is 0 Å². The maximum atomic E-state index is 12.4. The van der Waals surface area contributed by atoms with Gasteiger partial charge in [-0.15, -0.1) is 0 Å². The lowest BCUT2D eigenvalue weighted by molar-refractivity contribution is -0.116. The molecule has 0 atom stereocenters. The minimum absolute atomic E-state index is 0.224. The van der Waals surface area contributed by atoms with E-state index < -0.39 is 17.2 Å². The molecule has 0 bridgehead atoms. The Bertz CT molecular complexity index is 1050. The van der Waals surface area contributed by atoms with Gasteiger partial charge in [0.15, 0.2) is 0 Å². The van der Waals surface area contributed by atoms with Crippen LogP contribution in [0.15, 0.2) is 58.1 Å². The molecule has 2 aromatic carbocycles. The van der Waals surface area contributed by atoms with E-state index in [0.717, 1.165) is 4.57 Å². The summed E-state index contributed by atoms with van der Waals surface area (Å²) in [6.07, 6.45) is 0. The molecule has 1 N–H and O–H groups in total. The number of halogens is 1. The largest absolute Gasteiger partial charge is 0.331 e. The fourth-order valence-electron chi connectivity index (χ4n) is 2.49. The van der Waals surface area contributed by atoms with Crippen molar-refractivity contribution in [3.8, 4) is 0 Å². The Hall–Kier alpha value is -2.86. The Morgan fingerprint density at radius 3 is 2.50 bits per heavy atom. The molecule has 1 aromatic heterocycles. The third kappa shape index (κ3) is 2.83. The van der Waals surface area contributed by atoms with Gasteiger partial charge in [-0.1, -0.05) is 35.9 Å². The van der Waals surface area contributed by atoms with E-state index in [0.29, 0.717) is 21.6 Å². The van der Waals surface area contributed by atoms with E-state index in [1.54, 1.807) is 48.5 Å². The Morgan fingerprint density at radius 1 is 1.08 bits per heavy atom. The van der Waals surface area contributed by atoms with Gasteiger partial charge in [0, 0.05) is 7.05 Å². The Kier molecular flexibility index (Phi) is 4.22. The SMILES string of the molecule is Cn1c(=O)c2ccccc2n(CC(=O)Nc2ccccc2Cl)c1=O. The van der Waals surface area contributed by atoms with Crippen LogP contribution in [0.4, 0.5) is 5.69 Å². The van der Waals surface area contributed by atoms with E-state index in [9.17, 15) is 14.4 Å². The van der Waals surface area contributed by atoms with E-state index in [4.69, 9.17) is 11.6 Å². The number of nitrogens with zero attached hydrogens (tertiary/aromatic N) is 2. The molecule has 6 nitrogen and oxygen atoms in total. The van der Waals surface area contributed by atoms with Crippen molar-refractivity contribution in [2.45, 2.75) is 6.54 Å². The Balaban J connectivity index is 2.02. The summed E-state index contributed by atoms with van der Waals surface area (Å²) < 4.78 is 2.26. The molecule has 3 aromatic rings. The molecule has 1 heterocycles. The topological polar surface area (TPSA) is 73.1 Å². The van der Waals surface area contributed by atoms with Crippen LogP contribution in [0.1, 0.15) is 0 Å². The van der Waals surface area contributed by atoms with Crippen LogP contribution in [-0.4, -0.2) is 15.0 Å². The van der Waals surface area contributed by atoms with Crippen molar-refractivity contribution >= 4 is 34.1 Å². The summed E-state index contributed by atoms with van der Waals surface area (Å²) in [5.41, 5.74) is -0.0578. The number of fused-ring (bicyclic) bond motifs is 1. The summed E-state index contributed by atoms with van der Waals surface area (Å²) in [6, 6.07) is 13.5. The van der Waals surface area contributed by atoms with Gasteiger partial charge in [0.25, 0.3) is 5.56 Å². The predicted octanol–water partition coefficient (Wildman–Crippen LogP) is 1.99. The summed E-state index contributed by atoms with van der Waals surface area (Å²) in [5.74, 6) is -0.408. The smallest absolute Gasteiger partial charge is 0.323 e. The van der Waals surface area contributed by atoms with Gasteiger partial charge in [-0.3, -0.25) is 18.7 Å². The summed E-state index contributed by atoms with van der Waals surface area (Å²) in [5, 5.41) is 3.45. The highest BCUT2D eigenvalue weighted by atomic mass is 35.5. The molecule has 0 radical (unpaired) electrons. The monoisotopic (exact) mass is 343 g/mol. The highest BCUT2D eigenvalue weighted by Crippen LogP contribution is 2.20. The fraction of sp³-hybridized carbons (Fsp3) is 0.118. The average Bonchev–Trinajstić information content (AvgIpc) is 2.59. The molecular formula is C17H14ClN3O3. The number of hydrogen-bond acceptors (Lipinski definition) is 3. The van der Waals surface area contributed by atoms with Crippen LogP contribution in [0.5, 0.6) is 0 Å². The zero-order chi connectivity index (χ0) is 17.3. The standard InChI is InChI=1S/C17H14ClN3O3/c1-20-16(23)11-6-2-5-9-14(11)21(17(20)24)10-15(22)19-13-8-4-3-7-12(13)18/h2-9H,10H2,1H3,(H,19,22). The van der Waals surface area contributed by atoms with Gasteiger partial charge in [0.2, 0.25) is 5.91 Å². The molecule has 0 spiro atoms. The van der Waals surface area contributed by atoms with Gasteiger partial charge in [0.05, 0.1) is 21.6 Å². The molecule has 0 aliphatic heterocycles. The molecule has 0 saturated heterocycles. The Labute approximate surface area is 141 Å². The first kappa shape index (κ1) is 16.0. The van der Waals surface area contributed by atoms with Crippen LogP contribution in [0.3, 0.4) is 0 Å². The molecule has 24 heavy (non-hydrogen) atoms. The van der Waals surface area contributed by atoms with Crippen LogP contribution in [0.2, 0.25) is 5.02 Å². The number of benzene rings is 2. The molecule has 0 aliphatic carbocycles. The molecule has 3 rings (SSSR count). The van der Waals surface area contributed by atoms with Crippen LogP contribution >= 0.6 is 11.6 Å². The van der Waals surface area contributed by atoms with E-state index in [2.05, 4.69) is 5.32 Å². The highest BCUT2D eigenvalue weighted by molar-refractivity contribution is 6.33. The predicted molar refractivity (Wildman–Crippen MR) is 93.5 cm³/mol. The summed E-state index contributed by atoms with van der Waals surface area (Å²) in [7, 11) is 1.39. The normalized spacial score (nSPS) is 10.8. The van der Waals surface area contributed by atoms with E-state index in [-0.39, 0.29) is 6.54 Å². The molecule has 0 saturated carbocycles. The van der Waals surface area contributed by atoms with Gasteiger partial charge in [0.1, 0.15) is 6.54 Å². The average molecular weight is 344 g/mol. The number of rotatable bonds is 3. The molecule has 122 valence electrons. The van der Waals surface area contributed by atoms with Crippen molar-refractivity contribution in [3.05, 3.63) is 74.4 Å². The second kappa shape index (κ2) is 6.33. The van der Waals surface area contributed by atoms with Crippen LogP contribution in [-0.2, 0) is 18.4 Å². The van der Waals surface area contributed by atoms with Gasteiger partial charge in [-0.2, -0.15) is 0 Å². The maximum Gasteiger partial charge on any atom is 0.331 e. The quantitative estimate of drug-likeness (QED) is 0.790. The maximum absolute atomic E-state index is 12.4. The van der Waals surface area contributed by atoms with Gasteiger partial charge >= 0.3 is 5.69 Å². The van der Waals surface area contributed by atoms with Crippen LogP contribution < -0.4 is 16.6 Å². The van der Waals surface area contributed by atoms with E-state index >= 15 is 0 Å². The number of carbonyl (C=O) groups excluding carboxylic acids is 1. The number of nitrogens with one attached hydrogen (secondary N) is 1. The second-order valence-corrected chi connectivity index (χ2v) is 5.69. The van der Waals surface area contributed by atoms with Gasteiger partial charge in [-0.05, 0) is 24.3 Å². The number of anilines is 1. The minimum atomic E-state index is -0.548. The van der Waals surface area contributed by atoms with Crippen LogP contribution in [0, 0.1) is 0 Å². The number of hydrogen-bond donors (Lipinski definition) is 1. The molecular weight excluding hydrogens is 330 g/mol. The first-order chi connectivity index (χ1) is 11.5. The lowest BCUT2D eigenvalue weighted by Gasteiger charge is -2.12. The van der Waals surface area contributed by atoms with Crippen LogP contribution in [0.25, 0.3) is 10.9 Å². The van der Waals surface area contributed by atoms with Gasteiger partial charge in [-0.25, -0.2) is 4.79 Å². The molecule has 1 amide bonds. The summed E-state index contributed by atoms with van der Waals surface area (Å²) in [4.78, 5) is 36.8. The first-order valence-electron chi connectivity index (χ1n) is 7.22. The van der Waals surface area contributed by atoms with Crippen molar-refractivity contribution in [1.82, 2.24) is 9.13 Å². The zero-order valence-corrected chi connectivity index (χ0v) is 13.6. The Morgan fingerprint density at radius 2 is 1.75 bits per heavy atom. The summed E-state index contributed by atoms with van der Waals surface area (Å²) in [6.45, 7) is -0.224. The number of para-hydroxylation sites is 2. The van der Waals surface area contributed by atoms with Crippen molar-refractivity contribution < 1.29 is 4.79 Å². The fourth-order valence-corrected chi connectivity index (χ4v) is 2.67. The van der Waals surface area contributed by atoms with E-state index in [1.165, 1.54) is 11.6 Å². The number of aromatic nitrogens is 2. The highest BCUT2D eigenvalue weighted by Gasteiger charge is 2.13. The third-order valence-corrected chi connectivity index (χ3v) is 4.03. The molecule has 0 unspecified atom stereocenters.